The van der Waals surface area contributed by atoms with E-state index in [9.17, 15) is 22.8 Å². The number of pyridine rings is 1. The van der Waals surface area contributed by atoms with Crippen LogP contribution in [0.1, 0.15) is 43.0 Å². The Morgan fingerprint density at radius 3 is 2.83 bits per heavy atom. The second-order valence-corrected chi connectivity index (χ2v) is 10.6. The number of fused-ring (bicyclic) bond motifs is 2. The zero-order valence-electron chi connectivity index (χ0n) is 20.6. The third-order valence-electron chi connectivity index (χ3n) is 8.46. The van der Waals surface area contributed by atoms with Gasteiger partial charge in [0.25, 0.3) is 0 Å². The summed E-state index contributed by atoms with van der Waals surface area (Å²) in [5, 5.41) is 3.70. The topological polar surface area (TPSA) is 84.0 Å². The Morgan fingerprint density at radius 1 is 1.31 bits per heavy atom. The number of nitrogens with zero attached hydrogens (tertiary/aromatic N) is 3. The van der Waals surface area contributed by atoms with Gasteiger partial charge in [-0.2, -0.15) is 13.2 Å². The van der Waals surface area contributed by atoms with Crippen molar-refractivity contribution < 1.29 is 32.2 Å². The Morgan fingerprint density at radius 2 is 2.11 bits per heavy atom. The van der Waals surface area contributed by atoms with Crippen molar-refractivity contribution in [2.75, 3.05) is 40.0 Å². The predicted octanol–water partition coefficient (Wildman–Crippen LogP) is 2.01. The van der Waals surface area contributed by atoms with Crippen molar-refractivity contribution in [1.29, 1.82) is 0 Å². The first-order valence-electron chi connectivity index (χ1n) is 12.6. The molecule has 1 N–H and O–H groups in total. The van der Waals surface area contributed by atoms with Gasteiger partial charge < -0.3 is 24.6 Å². The van der Waals surface area contributed by atoms with E-state index in [0.29, 0.717) is 56.9 Å². The van der Waals surface area contributed by atoms with E-state index in [1.54, 1.807) is 16.9 Å². The predicted molar refractivity (Wildman–Crippen MR) is 123 cm³/mol. The summed E-state index contributed by atoms with van der Waals surface area (Å²) < 4.78 is 50.9. The number of rotatable bonds is 4. The Balaban J connectivity index is 1.36. The van der Waals surface area contributed by atoms with Crippen LogP contribution in [0, 0.1) is 11.3 Å². The number of hydrogen-bond donors (Lipinski definition) is 1. The molecule has 198 valence electrons. The zero-order valence-corrected chi connectivity index (χ0v) is 20.6. The van der Waals surface area contributed by atoms with Crippen LogP contribution in [0.2, 0.25) is 0 Å². The number of ether oxygens (including phenoxy) is 2. The molecule has 3 fully saturated rings. The molecule has 0 spiro atoms. The van der Waals surface area contributed by atoms with E-state index in [-0.39, 0.29) is 42.5 Å². The Hall–Kier alpha value is -2.24. The number of aromatic nitrogens is 1. The van der Waals surface area contributed by atoms with Gasteiger partial charge in [-0.3, -0.25) is 14.6 Å². The summed E-state index contributed by atoms with van der Waals surface area (Å²) in [6.45, 7) is 4.05. The maximum Gasteiger partial charge on any atom is 0.417 e. The van der Waals surface area contributed by atoms with Crippen LogP contribution in [0.15, 0.2) is 12.3 Å². The molecule has 5 rings (SSSR count). The minimum absolute atomic E-state index is 0.00623. The molecule has 2 unspecified atom stereocenters. The zero-order chi connectivity index (χ0) is 25.7. The van der Waals surface area contributed by atoms with Crippen molar-refractivity contribution in [3.8, 4) is 0 Å². The van der Waals surface area contributed by atoms with Gasteiger partial charge >= 0.3 is 6.18 Å². The standard InChI is InChI=1S/C25H33F3N4O4/c1-15(33)32-12-18-8-19(30-21-4-6-36-13-22(21)35-2)9-24(18,14-32)23(34)31-5-3-20-16(11-31)7-17(10-29-20)25(26,27)28/h7,10,18-19,21-22,30H,3-6,8-9,11-14H2,1-2H3/t18-,19+,21?,22?,24-/m0/s1. The quantitative estimate of drug-likeness (QED) is 0.667. The van der Waals surface area contributed by atoms with Crippen LogP contribution < -0.4 is 5.32 Å². The van der Waals surface area contributed by atoms with Crippen LogP contribution in [0.25, 0.3) is 0 Å². The van der Waals surface area contributed by atoms with Gasteiger partial charge in [-0.1, -0.05) is 0 Å². The Bertz CT molecular complexity index is 1020. The van der Waals surface area contributed by atoms with Gasteiger partial charge in [0.05, 0.1) is 23.7 Å². The van der Waals surface area contributed by atoms with Crippen LogP contribution in [0.5, 0.6) is 0 Å². The molecule has 36 heavy (non-hydrogen) atoms. The van der Waals surface area contributed by atoms with E-state index >= 15 is 0 Å². The second kappa shape index (κ2) is 9.57. The summed E-state index contributed by atoms with van der Waals surface area (Å²) in [5.41, 5.74) is -0.501. The number of methoxy groups -OCH3 is 1. The summed E-state index contributed by atoms with van der Waals surface area (Å²) in [5.74, 6) is -0.139. The molecular formula is C25H33F3N4O4. The molecule has 4 heterocycles. The molecule has 2 saturated heterocycles. The normalized spacial score (nSPS) is 32.4. The lowest BCUT2D eigenvalue weighted by molar-refractivity contribution is -0.144. The molecule has 1 aliphatic carbocycles. The molecule has 11 heteroatoms. The highest BCUT2D eigenvalue weighted by atomic mass is 19.4. The van der Waals surface area contributed by atoms with E-state index < -0.39 is 17.2 Å². The van der Waals surface area contributed by atoms with Crippen molar-refractivity contribution in [3.63, 3.8) is 0 Å². The SMILES string of the molecule is COC1COCCC1N[C@@H]1C[C@H]2CN(C(C)=O)C[C@@]2(C(=O)N2CCc3ncc(C(F)(F)F)cc3C2)C1. The second-order valence-electron chi connectivity index (χ2n) is 10.6. The molecule has 8 nitrogen and oxygen atoms in total. The molecule has 1 saturated carbocycles. The summed E-state index contributed by atoms with van der Waals surface area (Å²) >= 11 is 0. The van der Waals surface area contributed by atoms with Gasteiger partial charge in [0.1, 0.15) is 0 Å². The van der Waals surface area contributed by atoms with Gasteiger partial charge in [0, 0.05) is 77.2 Å². The first-order chi connectivity index (χ1) is 17.1. The van der Waals surface area contributed by atoms with Crippen LogP contribution >= 0.6 is 0 Å². The first kappa shape index (κ1) is 25.4. The van der Waals surface area contributed by atoms with Gasteiger partial charge in [0.2, 0.25) is 11.8 Å². The van der Waals surface area contributed by atoms with E-state index in [1.807, 2.05) is 0 Å². The van der Waals surface area contributed by atoms with E-state index in [4.69, 9.17) is 9.47 Å². The Labute approximate surface area is 208 Å². The molecule has 3 aliphatic heterocycles. The highest BCUT2D eigenvalue weighted by Gasteiger charge is 2.59. The third-order valence-corrected chi connectivity index (χ3v) is 8.46. The number of carbonyl (C=O) groups is 2. The van der Waals surface area contributed by atoms with Crippen molar-refractivity contribution >= 4 is 11.8 Å². The number of amides is 2. The third kappa shape index (κ3) is 4.61. The number of nitrogens with one attached hydrogen (secondary N) is 1. The Kier molecular flexibility index (Phi) is 6.76. The number of carbonyl (C=O) groups excluding carboxylic acids is 2. The van der Waals surface area contributed by atoms with Crippen LogP contribution in [-0.2, 0) is 38.2 Å². The molecule has 5 atom stereocenters. The molecule has 0 radical (unpaired) electrons. The average molecular weight is 511 g/mol. The van der Waals surface area contributed by atoms with Gasteiger partial charge in [-0.05, 0) is 36.8 Å². The lowest BCUT2D eigenvalue weighted by Gasteiger charge is -2.37. The molecule has 2 amide bonds. The minimum atomic E-state index is -4.49. The number of likely N-dealkylation sites (tertiary alicyclic amines) is 1. The minimum Gasteiger partial charge on any atom is -0.379 e. The average Bonchev–Trinajstić information content (AvgIpc) is 3.38. The van der Waals surface area contributed by atoms with Crippen LogP contribution in [0.3, 0.4) is 0 Å². The fourth-order valence-corrected chi connectivity index (χ4v) is 6.58. The van der Waals surface area contributed by atoms with Crippen molar-refractivity contribution in [3.05, 3.63) is 29.1 Å². The van der Waals surface area contributed by atoms with Crippen LogP contribution in [0.4, 0.5) is 13.2 Å². The highest BCUT2D eigenvalue weighted by molar-refractivity contribution is 5.86. The molecule has 1 aromatic heterocycles. The van der Waals surface area contributed by atoms with Crippen molar-refractivity contribution in [2.24, 2.45) is 11.3 Å². The monoisotopic (exact) mass is 510 g/mol. The summed E-state index contributed by atoms with van der Waals surface area (Å²) in [6, 6.07) is 1.32. The van der Waals surface area contributed by atoms with Gasteiger partial charge in [0.15, 0.2) is 0 Å². The number of halogens is 3. The van der Waals surface area contributed by atoms with E-state index in [2.05, 4.69) is 10.3 Å². The molecule has 4 aliphatic rings. The van der Waals surface area contributed by atoms with Crippen LogP contribution in [-0.4, -0.2) is 84.7 Å². The largest absolute Gasteiger partial charge is 0.417 e. The van der Waals surface area contributed by atoms with Crippen molar-refractivity contribution in [1.82, 2.24) is 20.1 Å². The lowest BCUT2D eigenvalue weighted by atomic mass is 9.78. The summed E-state index contributed by atoms with van der Waals surface area (Å²) in [4.78, 5) is 33.8. The van der Waals surface area contributed by atoms with E-state index in [1.165, 1.54) is 6.92 Å². The van der Waals surface area contributed by atoms with Gasteiger partial charge in [-0.25, -0.2) is 0 Å². The first-order valence-corrected chi connectivity index (χ1v) is 12.6. The fraction of sp³-hybridized carbons (Fsp3) is 0.720. The maximum absolute atomic E-state index is 14.1. The van der Waals surface area contributed by atoms with Crippen molar-refractivity contribution in [2.45, 2.75) is 63.5 Å². The maximum atomic E-state index is 14.1. The molecule has 1 aromatic rings. The van der Waals surface area contributed by atoms with E-state index in [0.717, 1.165) is 25.1 Å². The van der Waals surface area contributed by atoms with Gasteiger partial charge in [-0.15, -0.1) is 0 Å². The molecular weight excluding hydrogens is 477 g/mol. The molecule has 0 aromatic carbocycles. The summed E-state index contributed by atoms with van der Waals surface area (Å²) in [7, 11) is 1.67. The number of alkyl halides is 3. The highest BCUT2D eigenvalue weighted by Crippen LogP contribution is 2.50. The summed E-state index contributed by atoms with van der Waals surface area (Å²) in [6.07, 6.45) is -1.11. The lowest BCUT2D eigenvalue weighted by Crippen LogP contribution is -2.52. The molecule has 0 bridgehead atoms. The smallest absolute Gasteiger partial charge is 0.379 e. The fourth-order valence-electron chi connectivity index (χ4n) is 6.58. The number of hydrogen-bond acceptors (Lipinski definition) is 6.